The quantitative estimate of drug-likeness (QED) is 0.781. The van der Waals surface area contributed by atoms with Crippen molar-refractivity contribution in [2.24, 2.45) is 0 Å². The van der Waals surface area contributed by atoms with Gasteiger partial charge in [0.25, 0.3) is 0 Å². The van der Waals surface area contributed by atoms with Gasteiger partial charge in [0, 0.05) is 12.0 Å². The number of urea groups is 1. The second-order valence-corrected chi connectivity index (χ2v) is 5.60. The molecule has 21 heavy (non-hydrogen) atoms. The van der Waals surface area contributed by atoms with Crippen LogP contribution in [-0.4, -0.2) is 29.8 Å². The summed E-state index contributed by atoms with van der Waals surface area (Å²) >= 11 is 0. The fourth-order valence-electron chi connectivity index (χ4n) is 2.91. The number of aliphatic hydroxyl groups excluding tert-OH is 1. The lowest BCUT2D eigenvalue weighted by Crippen LogP contribution is -2.47. The Bertz CT molecular complexity index is 460. The average molecular weight is 294 g/mol. The van der Waals surface area contributed by atoms with Gasteiger partial charge in [-0.2, -0.15) is 0 Å². The first-order valence-electron chi connectivity index (χ1n) is 7.57. The van der Waals surface area contributed by atoms with E-state index in [9.17, 15) is 9.18 Å². The van der Waals surface area contributed by atoms with Gasteiger partial charge in [-0.15, -0.1) is 0 Å². The molecule has 0 radical (unpaired) electrons. The van der Waals surface area contributed by atoms with E-state index in [-0.39, 0.29) is 36.5 Å². The number of aliphatic hydroxyl groups is 1. The summed E-state index contributed by atoms with van der Waals surface area (Å²) < 4.78 is 13.0. The van der Waals surface area contributed by atoms with Gasteiger partial charge in [0.15, 0.2) is 0 Å². The predicted octanol–water partition coefficient (Wildman–Crippen LogP) is 2.53. The molecule has 1 fully saturated rings. The summed E-state index contributed by atoms with van der Waals surface area (Å²) in [6, 6.07) is 6.12. The summed E-state index contributed by atoms with van der Waals surface area (Å²) in [5.41, 5.74) is 1.06. The lowest BCUT2D eigenvalue weighted by molar-refractivity contribution is 0.211. The Morgan fingerprint density at radius 1 is 1.38 bits per heavy atom. The summed E-state index contributed by atoms with van der Waals surface area (Å²) in [7, 11) is 0. The molecular weight excluding hydrogens is 271 g/mol. The summed E-state index contributed by atoms with van der Waals surface area (Å²) in [6.45, 7) is 1.86. The SMILES string of the molecule is CCC(CO)NC(=O)NC1CCCC1c1ccc(F)cc1. The topological polar surface area (TPSA) is 61.4 Å². The van der Waals surface area contributed by atoms with Gasteiger partial charge in [0.05, 0.1) is 12.6 Å². The highest BCUT2D eigenvalue weighted by Crippen LogP contribution is 2.34. The maximum atomic E-state index is 13.0. The molecule has 0 heterocycles. The predicted molar refractivity (Wildman–Crippen MR) is 79.6 cm³/mol. The van der Waals surface area contributed by atoms with Crippen molar-refractivity contribution >= 4 is 6.03 Å². The standard InChI is InChI=1S/C16H23FN2O2/c1-2-13(10-20)18-16(21)19-15-5-3-4-14(15)11-6-8-12(17)9-7-11/h6-9,13-15,20H,2-5,10H2,1H3,(H2,18,19,21). The number of rotatable bonds is 5. The van der Waals surface area contributed by atoms with Crippen LogP contribution in [0.4, 0.5) is 9.18 Å². The van der Waals surface area contributed by atoms with E-state index in [4.69, 9.17) is 5.11 Å². The molecule has 3 atom stereocenters. The van der Waals surface area contributed by atoms with Crippen LogP contribution in [0.5, 0.6) is 0 Å². The van der Waals surface area contributed by atoms with Crippen molar-refractivity contribution in [3.8, 4) is 0 Å². The summed E-state index contributed by atoms with van der Waals surface area (Å²) in [5, 5.41) is 14.9. The Labute approximate surface area is 124 Å². The molecule has 2 amide bonds. The number of halogens is 1. The summed E-state index contributed by atoms with van der Waals surface area (Å²) in [4.78, 5) is 12.0. The largest absolute Gasteiger partial charge is 0.394 e. The lowest BCUT2D eigenvalue weighted by Gasteiger charge is -2.23. The van der Waals surface area contributed by atoms with Crippen molar-refractivity contribution in [3.05, 3.63) is 35.6 Å². The van der Waals surface area contributed by atoms with Crippen LogP contribution in [0.25, 0.3) is 0 Å². The van der Waals surface area contributed by atoms with E-state index in [0.717, 1.165) is 24.8 Å². The minimum atomic E-state index is -0.243. The van der Waals surface area contributed by atoms with Crippen LogP contribution in [-0.2, 0) is 0 Å². The third-order valence-corrected chi connectivity index (χ3v) is 4.18. The third-order valence-electron chi connectivity index (χ3n) is 4.18. The number of amides is 2. The Morgan fingerprint density at radius 3 is 2.71 bits per heavy atom. The first kappa shape index (κ1) is 15.8. The highest BCUT2D eigenvalue weighted by atomic mass is 19.1. The van der Waals surface area contributed by atoms with Crippen molar-refractivity contribution < 1.29 is 14.3 Å². The number of hydrogen-bond acceptors (Lipinski definition) is 2. The Hall–Kier alpha value is -1.62. The van der Waals surface area contributed by atoms with Crippen LogP contribution in [0.2, 0.25) is 0 Å². The zero-order valence-corrected chi connectivity index (χ0v) is 12.3. The maximum Gasteiger partial charge on any atom is 0.315 e. The molecule has 1 aliphatic carbocycles. The molecule has 116 valence electrons. The Morgan fingerprint density at radius 2 is 2.10 bits per heavy atom. The van der Waals surface area contributed by atoms with E-state index in [2.05, 4.69) is 10.6 Å². The molecular formula is C16H23FN2O2. The van der Waals surface area contributed by atoms with Crippen LogP contribution in [0.15, 0.2) is 24.3 Å². The van der Waals surface area contributed by atoms with E-state index in [0.29, 0.717) is 6.42 Å². The molecule has 0 bridgehead atoms. The van der Waals surface area contributed by atoms with E-state index in [1.807, 2.05) is 6.92 Å². The first-order valence-corrected chi connectivity index (χ1v) is 7.57. The second kappa shape index (κ2) is 7.41. The van der Waals surface area contributed by atoms with Gasteiger partial charge in [0.1, 0.15) is 5.82 Å². The zero-order chi connectivity index (χ0) is 15.2. The molecule has 0 aromatic heterocycles. The number of carbonyl (C=O) groups is 1. The molecule has 1 aliphatic rings. The highest BCUT2D eigenvalue weighted by Gasteiger charge is 2.30. The van der Waals surface area contributed by atoms with Crippen LogP contribution in [0.1, 0.15) is 44.1 Å². The van der Waals surface area contributed by atoms with Crippen LogP contribution in [0.3, 0.4) is 0 Å². The van der Waals surface area contributed by atoms with Gasteiger partial charge in [-0.3, -0.25) is 0 Å². The molecule has 0 spiro atoms. The number of benzene rings is 1. The number of carbonyl (C=O) groups excluding carboxylic acids is 1. The number of hydrogen-bond donors (Lipinski definition) is 3. The van der Waals surface area contributed by atoms with E-state index >= 15 is 0 Å². The molecule has 4 nitrogen and oxygen atoms in total. The van der Waals surface area contributed by atoms with Gasteiger partial charge in [-0.25, -0.2) is 9.18 Å². The monoisotopic (exact) mass is 294 g/mol. The molecule has 0 saturated heterocycles. The Balaban J connectivity index is 1.95. The average Bonchev–Trinajstić information content (AvgIpc) is 2.93. The maximum absolute atomic E-state index is 13.0. The van der Waals surface area contributed by atoms with E-state index in [1.165, 1.54) is 12.1 Å². The van der Waals surface area contributed by atoms with Crippen LogP contribution >= 0.6 is 0 Å². The van der Waals surface area contributed by atoms with Crippen molar-refractivity contribution in [3.63, 3.8) is 0 Å². The van der Waals surface area contributed by atoms with Gasteiger partial charge in [0.2, 0.25) is 0 Å². The van der Waals surface area contributed by atoms with E-state index in [1.54, 1.807) is 12.1 Å². The lowest BCUT2D eigenvalue weighted by atomic mass is 9.94. The molecule has 5 heteroatoms. The summed E-state index contributed by atoms with van der Waals surface area (Å²) in [5.74, 6) is -0.0155. The molecule has 1 saturated carbocycles. The summed E-state index contributed by atoms with van der Waals surface area (Å²) in [6.07, 6.45) is 3.65. The minimum absolute atomic E-state index is 0.0595. The van der Waals surface area contributed by atoms with Gasteiger partial charge in [-0.05, 0) is 37.0 Å². The molecule has 2 rings (SSSR count). The number of nitrogens with one attached hydrogen (secondary N) is 2. The third kappa shape index (κ3) is 4.17. The first-order chi connectivity index (χ1) is 10.1. The molecule has 1 aromatic rings. The van der Waals surface area contributed by atoms with Gasteiger partial charge >= 0.3 is 6.03 Å². The smallest absolute Gasteiger partial charge is 0.315 e. The van der Waals surface area contributed by atoms with Gasteiger partial charge < -0.3 is 15.7 Å². The van der Waals surface area contributed by atoms with Crippen molar-refractivity contribution in [2.45, 2.75) is 50.6 Å². The van der Waals surface area contributed by atoms with E-state index < -0.39 is 0 Å². The molecule has 0 aliphatic heterocycles. The fourth-order valence-corrected chi connectivity index (χ4v) is 2.91. The van der Waals surface area contributed by atoms with Crippen LogP contribution < -0.4 is 10.6 Å². The Kier molecular flexibility index (Phi) is 5.56. The molecule has 1 aromatic carbocycles. The highest BCUT2D eigenvalue weighted by molar-refractivity contribution is 5.74. The second-order valence-electron chi connectivity index (χ2n) is 5.60. The van der Waals surface area contributed by atoms with Crippen molar-refractivity contribution in [1.29, 1.82) is 0 Å². The zero-order valence-electron chi connectivity index (χ0n) is 12.3. The molecule has 3 unspecified atom stereocenters. The normalized spacial score (nSPS) is 22.8. The van der Waals surface area contributed by atoms with Crippen LogP contribution in [0, 0.1) is 5.82 Å². The minimum Gasteiger partial charge on any atom is -0.394 e. The van der Waals surface area contributed by atoms with Gasteiger partial charge in [-0.1, -0.05) is 25.5 Å². The fraction of sp³-hybridized carbons (Fsp3) is 0.562. The molecule has 3 N–H and O–H groups in total. The van der Waals surface area contributed by atoms with Crippen molar-refractivity contribution in [1.82, 2.24) is 10.6 Å². The van der Waals surface area contributed by atoms with Crippen molar-refractivity contribution in [2.75, 3.05) is 6.61 Å².